The molecule has 1 aromatic carbocycles. The van der Waals surface area contributed by atoms with E-state index in [1.807, 2.05) is 30.0 Å². The summed E-state index contributed by atoms with van der Waals surface area (Å²) in [6, 6.07) is 10.3. The Morgan fingerprint density at radius 2 is 2.14 bits per heavy atom. The maximum absolute atomic E-state index is 11.4. The molecule has 1 heterocycles. The molecule has 4 nitrogen and oxygen atoms in total. The molecule has 0 saturated carbocycles. The molecule has 1 N–H and O–H groups in total. The fraction of sp³-hybridized carbons (Fsp3) is 0.357. The number of aryl methyl sites for hydroxylation is 1. The molecule has 2 rings (SSSR count). The minimum Gasteiger partial charge on any atom is -0.299 e. The van der Waals surface area contributed by atoms with Crippen molar-refractivity contribution in [2.24, 2.45) is 0 Å². The molecule has 0 spiro atoms. The minimum atomic E-state index is -0.570. The van der Waals surface area contributed by atoms with Gasteiger partial charge in [-0.25, -0.2) is 0 Å². The highest BCUT2D eigenvalue weighted by Crippen LogP contribution is 2.21. The molecule has 1 aromatic heterocycles. The summed E-state index contributed by atoms with van der Waals surface area (Å²) in [5, 5.41) is 11.5. The Balaban J connectivity index is 1.72. The average Bonchev–Trinajstić information content (AvgIpc) is 2.92. The van der Waals surface area contributed by atoms with E-state index in [2.05, 4.69) is 27.6 Å². The number of benzene rings is 1. The van der Waals surface area contributed by atoms with E-state index in [0.717, 1.165) is 23.6 Å². The second kappa shape index (κ2) is 8.36. The molecule has 0 fully saturated rings. The zero-order chi connectivity index (χ0) is 15.1. The number of alkyl halides is 1. The van der Waals surface area contributed by atoms with Crippen LogP contribution in [0.5, 0.6) is 0 Å². The van der Waals surface area contributed by atoms with Gasteiger partial charge in [0.05, 0.1) is 0 Å². The number of amides is 1. The Hall–Kier alpha value is -1.11. The van der Waals surface area contributed by atoms with Crippen LogP contribution in [0.4, 0.5) is 5.13 Å². The van der Waals surface area contributed by atoms with Gasteiger partial charge in [-0.05, 0) is 31.2 Å². The lowest BCUT2D eigenvalue weighted by atomic mass is 10.4. The lowest BCUT2D eigenvalue weighted by Crippen LogP contribution is -2.20. The number of hydrogen-bond donors (Lipinski definition) is 1. The maximum Gasteiger partial charge on any atom is 0.243 e. The summed E-state index contributed by atoms with van der Waals surface area (Å²) < 4.78 is 0. The highest BCUT2D eigenvalue weighted by Gasteiger charge is 2.12. The van der Waals surface area contributed by atoms with Crippen molar-refractivity contribution in [3.8, 4) is 0 Å². The van der Waals surface area contributed by atoms with Crippen molar-refractivity contribution in [3.63, 3.8) is 0 Å². The smallest absolute Gasteiger partial charge is 0.243 e. The van der Waals surface area contributed by atoms with Crippen LogP contribution in [0.25, 0.3) is 0 Å². The standard InChI is InChI=1S/C14H16ClN3OS2/c1-10(15)13(19)16-14-18-17-12(21-14)8-5-9-20-11-6-3-2-4-7-11/h2-4,6-7,10H,5,8-9H2,1H3,(H,16,18,19). The van der Waals surface area contributed by atoms with Crippen molar-refractivity contribution in [1.29, 1.82) is 0 Å². The van der Waals surface area contributed by atoms with E-state index in [9.17, 15) is 4.79 Å². The number of carbonyl (C=O) groups is 1. The van der Waals surface area contributed by atoms with Crippen molar-refractivity contribution in [3.05, 3.63) is 35.3 Å². The van der Waals surface area contributed by atoms with Crippen LogP contribution in [0.2, 0.25) is 0 Å². The predicted molar refractivity (Wildman–Crippen MR) is 89.3 cm³/mol. The number of carbonyl (C=O) groups excluding carboxylic acids is 1. The molecule has 1 amide bonds. The van der Waals surface area contributed by atoms with Crippen LogP contribution in [0, 0.1) is 0 Å². The van der Waals surface area contributed by atoms with E-state index in [4.69, 9.17) is 11.6 Å². The Morgan fingerprint density at radius 3 is 2.86 bits per heavy atom. The van der Waals surface area contributed by atoms with E-state index < -0.39 is 5.38 Å². The molecule has 0 aliphatic rings. The zero-order valence-corrected chi connectivity index (χ0v) is 14.0. The molecule has 0 bridgehead atoms. The second-order valence-corrected chi connectivity index (χ2v) is 7.26. The van der Waals surface area contributed by atoms with Gasteiger partial charge in [-0.1, -0.05) is 29.5 Å². The highest BCUT2D eigenvalue weighted by molar-refractivity contribution is 7.99. The first kappa shape index (κ1) is 16.3. The molecule has 0 aliphatic carbocycles. The Labute approximate surface area is 137 Å². The molecule has 21 heavy (non-hydrogen) atoms. The molecular formula is C14H16ClN3OS2. The molecule has 0 aliphatic heterocycles. The number of rotatable bonds is 7. The summed E-state index contributed by atoms with van der Waals surface area (Å²) in [5.41, 5.74) is 0. The molecule has 0 saturated heterocycles. The van der Waals surface area contributed by atoms with Crippen molar-refractivity contribution in [1.82, 2.24) is 10.2 Å². The van der Waals surface area contributed by atoms with E-state index in [1.54, 1.807) is 6.92 Å². The minimum absolute atomic E-state index is 0.251. The fourth-order valence-corrected chi connectivity index (χ4v) is 3.25. The zero-order valence-electron chi connectivity index (χ0n) is 11.6. The van der Waals surface area contributed by atoms with Crippen LogP contribution in [0.15, 0.2) is 35.2 Å². The van der Waals surface area contributed by atoms with Gasteiger partial charge in [0, 0.05) is 11.3 Å². The van der Waals surface area contributed by atoms with Crippen LogP contribution in [0.1, 0.15) is 18.4 Å². The van der Waals surface area contributed by atoms with Crippen LogP contribution >= 0.6 is 34.7 Å². The summed E-state index contributed by atoms with van der Waals surface area (Å²) >= 11 is 8.92. The van der Waals surface area contributed by atoms with E-state index in [1.165, 1.54) is 16.2 Å². The third-order valence-corrected chi connectivity index (χ3v) is 4.80. The van der Waals surface area contributed by atoms with Gasteiger partial charge in [-0.3, -0.25) is 10.1 Å². The Morgan fingerprint density at radius 1 is 1.38 bits per heavy atom. The summed E-state index contributed by atoms with van der Waals surface area (Å²) in [6.45, 7) is 1.62. The van der Waals surface area contributed by atoms with Crippen molar-refractivity contribution in [2.75, 3.05) is 11.1 Å². The van der Waals surface area contributed by atoms with E-state index >= 15 is 0 Å². The Bertz CT molecular complexity index is 575. The SMILES string of the molecule is CC(Cl)C(=O)Nc1nnc(CCCSc2ccccc2)s1. The van der Waals surface area contributed by atoms with Gasteiger partial charge >= 0.3 is 0 Å². The van der Waals surface area contributed by atoms with Crippen molar-refractivity contribution < 1.29 is 4.79 Å². The molecule has 1 atom stereocenters. The topological polar surface area (TPSA) is 54.9 Å². The maximum atomic E-state index is 11.4. The molecule has 0 radical (unpaired) electrons. The van der Waals surface area contributed by atoms with Crippen molar-refractivity contribution in [2.45, 2.75) is 30.0 Å². The highest BCUT2D eigenvalue weighted by atomic mass is 35.5. The van der Waals surface area contributed by atoms with Crippen LogP contribution < -0.4 is 5.32 Å². The quantitative estimate of drug-likeness (QED) is 0.472. The molecule has 2 aromatic rings. The lowest BCUT2D eigenvalue weighted by Gasteiger charge is -2.01. The number of aromatic nitrogens is 2. The average molecular weight is 342 g/mol. The number of hydrogen-bond acceptors (Lipinski definition) is 5. The number of halogens is 1. The van der Waals surface area contributed by atoms with Gasteiger partial charge in [0.25, 0.3) is 0 Å². The number of anilines is 1. The van der Waals surface area contributed by atoms with Gasteiger partial charge in [-0.15, -0.1) is 33.6 Å². The first-order chi connectivity index (χ1) is 10.1. The van der Waals surface area contributed by atoms with E-state index in [-0.39, 0.29) is 5.91 Å². The number of nitrogens with zero attached hydrogens (tertiary/aromatic N) is 2. The Kier molecular flexibility index (Phi) is 6.48. The third-order valence-electron chi connectivity index (χ3n) is 2.61. The molecule has 1 unspecified atom stereocenters. The van der Waals surface area contributed by atoms with Crippen LogP contribution in [0.3, 0.4) is 0 Å². The summed E-state index contributed by atoms with van der Waals surface area (Å²) in [7, 11) is 0. The molecular weight excluding hydrogens is 326 g/mol. The second-order valence-electron chi connectivity index (χ2n) is 4.37. The first-order valence-electron chi connectivity index (χ1n) is 6.60. The van der Waals surface area contributed by atoms with Gasteiger partial charge in [-0.2, -0.15) is 0 Å². The van der Waals surface area contributed by atoms with Crippen molar-refractivity contribution >= 4 is 45.7 Å². The summed E-state index contributed by atoms with van der Waals surface area (Å²) in [4.78, 5) is 12.7. The van der Waals surface area contributed by atoms with Crippen LogP contribution in [-0.4, -0.2) is 27.2 Å². The monoisotopic (exact) mass is 341 g/mol. The lowest BCUT2D eigenvalue weighted by molar-refractivity contribution is -0.115. The van der Waals surface area contributed by atoms with E-state index in [0.29, 0.717) is 5.13 Å². The predicted octanol–water partition coefficient (Wildman–Crippen LogP) is 3.83. The fourth-order valence-electron chi connectivity index (χ4n) is 1.54. The largest absolute Gasteiger partial charge is 0.299 e. The van der Waals surface area contributed by atoms with Gasteiger partial charge in [0.2, 0.25) is 11.0 Å². The third kappa shape index (κ3) is 5.65. The normalized spacial score (nSPS) is 12.1. The summed E-state index contributed by atoms with van der Waals surface area (Å²) in [5.74, 6) is 0.781. The van der Waals surface area contributed by atoms with Crippen LogP contribution in [-0.2, 0) is 11.2 Å². The molecule has 112 valence electrons. The van der Waals surface area contributed by atoms with Gasteiger partial charge < -0.3 is 0 Å². The van der Waals surface area contributed by atoms with Gasteiger partial charge in [0.15, 0.2) is 0 Å². The summed E-state index contributed by atoms with van der Waals surface area (Å²) in [6.07, 6.45) is 1.89. The molecule has 7 heteroatoms. The van der Waals surface area contributed by atoms with Gasteiger partial charge in [0.1, 0.15) is 10.4 Å². The number of thioether (sulfide) groups is 1. The first-order valence-corrected chi connectivity index (χ1v) is 8.84. The number of nitrogens with one attached hydrogen (secondary N) is 1.